The third kappa shape index (κ3) is 2.34. The van der Waals surface area contributed by atoms with Crippen LogP contribution >= 0.6 is 0 Å². The molecule has 0 aliphatic carbocycles. The highest BCUT2D eigenvalue weighted by Gasteiger charge is 2.02. The van der Waals surface area contributed by atoms with Gasteiger partial charge < -0.3 is 15.0 Å². The Morgan fingerprint density at radius 3 is 2.38 bits per heavy atom. The fourth-order valence-corrected chi connectivity index (χ4v) is 0.252. The van der Waals surface area contributed by atoms with Crippen molar-refractivity contribution in [3.63, 3.8) is 0 Å². The van der Waals surface area contributed by atoms with Gasteiger partial charge in [-0.15, -0.1) is 4.79 Å². The summed E-state index contributed by atoms with van der Waals surface area (Å²) < 4.78 is 9.08. The van der Waals surface area contributed by atoms with Gasteiger partial charge >= 0.3 is 5.90 Å². The van der Waals surface area contributed by atoms with Gasteiger partial charge in [0.05, 0.1) is 7.11 Å². The van der Waals surface area contributed by atoms with E-state index in [1.165, 1.54) is 14.2 Å². The smallest absolute Gasteiger partial charge is 0.437 e. The van der Waals surface area contributed by atoms with Crippen LogP contribution in [0.2, 0.25) is 0 Å². The van der Waals surface area contributed by atoms with Gasteiger partial charge in [-0.25, -0.2) is 0 Å². The highest BCUT2D eigenvalue weighted by Crippen LogP contribution is 1.71. The first-order chi connectivity index (χ1) is 3.85. The third-order valence-corrected chi connectivity index (χ3v) is 0.615. The minimum atomic E-state index is 0.174. The lowest BCUT2D eigenvalue weighted by molar-refractivity contribution is -0.0471. The van der Waals surface area contributed by atoms with Crippen molar-refractivity contribution in [3.8, 4) is 0 Å². The molecule has 0 aliphatic heterocycles. The van der Waals surface area contributed by atoms with Crippen molar-refractivity contribution >= 4 is 5.90 Å². The summed E-state index contributed by atoms with van der Waals surface area (Å²) in [5.41, 5.74) is 8.04. The summed E-state index contributed by atoms with van der Waals surface area (Å²) in [5, 5.41) is 0. The maximum Gasteiger partial charge on any atom is 0.475 e. The summed E-state index contributed by atoms with van der Waals surface area (Å²) in [6, 6.07) is 0. The lowest BCUT2D eigenvalue weighted by atomic mass is 10.7. The van der Waals surface area contributed by atoms with Gasteiger partial charge in [0.2, 0.25) is 0 Å². The van der Waals surface area contributed by atoms with Gasteiger partial charge in [0.1, 0.15) is 0 Å². The molecule has 0 aromatic rings. The van der Waals surface area contributed by atoms with Gasteiger partial charge in [-0.1, -0.05) is 0 Å². The molecule has 0 spiro atoms. The lowest BCUT2D eigenvalue weighted by Crippen LogP contribution is -2.09. The van der Waals surface area contributed by atoms with Crippen molar-refractivity contribution in [2.24, 2.45) is 0 Å². The van der Waals surface area contributed by atoms with E-state index in [1.807, 2.05) is 0 Å². The summed E-state index contributed by atoms with van der Waals surface area (Å²) in [6.07, 6.45) is 0. The van der Waals surface area contributed by atoms with E-state index in [2.05, 4.69) is 14.3 Å². The highest BCUT2D eigenvalue weighted by molar-refractivity contribution is 5.71. The van der Waals surface area contributed by atoms with Crippen LogP contribution in [0.15, 0.2) is 0 Å². The Hall–Kier alpha value is -0.860. The van der Waals surface area contributed by atoms with Crippen LogP contribution in [0.1, 0.15) is 0 Å². The van der Waals surface area contributed by atoms with Gasteiger partial charge in [-0.2, -0.15) is 0 Å². The second-order valence-electron chi connectivity index (χ2n) is 1.13. The fourth-order valence-electron chi connectivity index (χ4n) is 0.252. The first-order valence-corrected chi connectivity index (χ1v) is 2.09. The molecule has 0 N–H and O–H groups in total. The topological polar surface area (TPSA) is 54.9 Å². The average molecular weight is 116 g/mol. The standard InChI is InChI=1S/C4H8N2O2/c1-7-3-4(6-5)8-2/h3H2,1-2H3. The summed E-state index contributed by atoms with van der Waals surface area (Å²) in [6.45, 7) is 0.201. The Morgan fingerprint density at radius 1 is 1.62 bits per heavy atom. The van der Waals surface area contributed by atoms with Crippen LogP contribution in [0, 0.1) is 0 Å². The first-order valence-electron chi connectivity index (χ1n) is 2.09. The van der Waals surface area contributed by atoms with Crippen LogP contribution in [0.4, 0.5) is 0 Å². The zero-order chi connectivity index (χ0) is 6.41. The molecule has 0 radical (unpaired) electrons. The van der Waals surface area contributed by atoms with E-state index in [4.69, 9.17) is 5.53 Å². The van der Waals surface area contributed by atoms with E-state index >= 15 is 0 Å². The SMILES string of the molecule is COCC(=[N+]=[N-])OC. The quantitative estimate of drug-likeness (QED) is 0.219. The molecule has 46 valence electrons. The highest BCUT2D eigenvalue weighted by atomic mass is 16.5. The molecule has 4 nitrogen and oxygen atoms in total. The van der Waals surface area contributed by atoms with Crippen LogP contribution in [0.3, 0.4) is 0 Å². The second-order valence-corrected chi connectivity index (χ2v) is 1.13. The maximum absolute atomic E-state index is 8.04. The van der Waals surface area contributed by atoms with E-state index in [0.29, 0.717) is 0 Å². The Morgan fingerprint density at radius 2 is 2.25 bits per heavy atom. The minimum absolute atomic E-state index is 0.174. The number of ether oxygens (including phenoxy) is 2. The van der Waals surface area contributed by atoms with E-state index in [1.54, 1.807) is 0 Å². The average Bonchev–Trinajstić information content (AvgIpc) is 1.83. The zero-order valence-electron chi connectivity index (χ0n) is 4.92. The fraction of sp³-hybridized carbons (Fsp3) is 0.750. The Labute approximate surface area is 47.6 Å². The summed E-state index contributed by atoms with van der Waals surface area (Å²) in [5.74, 6) is 0.174. The van der Waals surface area contributed by atoms with Crippen molar-refractivity contribution in [2.45, 2.75) is 0 Å². The van der Waals surface area contributed by atoms with E-state index in [9.17, 15) is 0 Å². The van der Waals surface area contributed by atoms with Crippen molar-refractivity contribution in [1.82, 2.24) is 0 Å². The van der Waals surface area contributed by atoms with Crippen LogP contribution in [0.5, 0.6) is 0 Å². The molecule has 0 bridgehead atoms. The number of nitrogens with zero attached hydrogens (tertiary/aromatic N) is 2. The van der Waals surface area contributed by atoms with E-state index < -0.39 is 0 Å². The second kappa shape index (κ2) is 4.30. The predicted molar refractivity (Wildman–Crippen MR) is 27.5 cm³/mol. The molecule has 0 aromatic heterocycles. The van der Waals surface area contributed by atoms with Gasteiger partial charge in [0, 0.05) is 7.11 Å². The first kappa shape index (κ1) is 7.14. The molecular weight excluding hydrogens is 108 g/mol. The lowest BCUT2D eigenvalue weighted by Gasteiger charge is -1.88. The summed E-state index contributed by atoms with van der Waals surface area (Å²) in [7, 11) is 2.90. The number of methoxy groups -OCH3 is 2. The van der Waals surface area contributed by atoms with Crippen LogP contribution in [-0.4, -0.2) is 31.5 Å². The van der Waals surface area contributed by atoms with Crippen molar-refractivity contribution in [1.29, 1.82) is 0 Å². The molecule has 4 heteroatoms. The van der Waals surface area contributed by atoms with Crippen LogP contribution < -0.4 is 0 Å². The van der Waals surface area contributed by atoms with Crippen LogP contribution in [0.25, 0.3) is 5.53 Å². The van der Waals surface area contributed by atoms with E-state index in [0.717, 1.165) is 0 Å². The van der Waals surface area contributed by atoms with Gasteiger partial charge in [-0.05, 0) is 0 Å². The predicted octanol–water partition coefficient (Wildman–Crippen LogP) is -0.0925. The Bertz CT molecular complexity index is 107. The summed E-state index contributed by atoms with van der Waals surface area (Å²) in [4.78, 5) is 2.77. The molecule has 0 saturated heterocycles. The largest absolute Gasteiger partial charge is 0.475 e. The zero-order valence-corrected chi connectivity index (χ0v) is 4.92. The molecular formula is C4H8N2O2. The molecule has 0 unspecified atom stereocenters. The Kier molecular flexibility index (Phi) is 3.84. The molecule has 0 fully saturated rings. The molecule has 0 aliphatic rings. The van der Waals surface area contributed by atoms with Crippen molar-refractivity contribution in [3.05, 3.63) is 5.53 Å². The minimum Gasteiger partial charge on any atom is -0.437 e. The van der Waals surface area contributed by atoms with Gasteiger partial charge in [0.15, 0.2) is 6.61 Å². The van der Waals surface area contributed by atoms with Crippen molar-refractivity contribution < 1.29 is 14.3 Å². The van der Waals surface area contributed by atoms with Crippen LogP contribution in [-0.2, 0) is 9.47 Å². The normalized spacial score (nSPS) is 7.75. The van der Waals surface area contributed by atoms with E-state index in [-0.39, 0.29) is 12.5 Å². The van der Waals surface area contributed by atoms with Gasteiger partial charge in [-0.3, -0.25) is 0 Å². The molecule has 0 aromatic carbocycles. The number of rotatable bonds is 2. The monoisotopic (exact) mass is 116 g/mol. The maximum atomic E-state index is 8.04. The number of hydrogen-bond acceptors (Lipinski definition) is 2. The number of hydrogen-bond donors (Lipinski definition) is 0. The molecule has 0 saturated carbocycles. The molecule has 0 rings (SSSR count). The molecule has 8 heavy (non-hydrogen) atoms. The molecule has 0 amide bonds. The van der Waals surface area contributed by atoms with Crippen molar-refractivity contribution in [2.75, 3.05) is 20.8 Å². The molecule has 0 atom stereocenters. The summed E-state index contributed by atoms with van der Waals surface area (Å²) >= 11 is 0. The third-order valence-electron chi connectivity index (χ3n) is 0.615. The molecule has 0 heterocycles. The van der Waals surface area contributed by atoms with Gasteiger partial charge in [0.25, 0.3) is 0 Å². The Balaban J connectivity index is 3.55.